The lowest BCUT2D eigenvalue weighted by atomic mass is 10.1. The number of para-hydroxylation sites is 1. The SMILES string of the molecule is CCC(CC)NC(=O)C12CCC(=O)N1c1ccccc1S2. The number of thioether (sulfide) groups is 1. The summed E-state index contributed by atoms with van der Waals surface area (Å²) in [4.78, 5) is 27.1. The molecule has 4 nitrogen and oxygen atoms in total. The molecule has 1 fully saturated rings. The molecule has 0 spiro atoms. The van der Waals surface area contributed by atoms with Gasteiger partial charge in [-0.2, -0.15) is 0 Å². The highest BCUT2D eigenvalue weighted by Gasteiger charge is 2.57. The van der Waals surface area contributed by atoms with Crippen molar-refractivity contribution in [3.8, 4) is 0 Å². The zero-order valence-electron chi connectivity index (χ0n) is 12.4. The highest BCUT2D eigenvalue weighted by atomic mass is 32.2. The van der Waals surface area contributed by atoms with Crippen LogP contribution in [0.2, 0.25) is 0 Å². The first-order valence-corrected chi connectivity index (χ1v) is 8.36. The van der Waals surface area contributed by atoms with E-state index in [2.05, 4.69) is 19.2 Å². The van der Waals surface area contributed by atoms with Crippen LogP contribution in [-0.2, 0) is 9.59 Å². The number of anilines is 1. The van der Waals surface area contributed by atoms with E-state index in [1.54, 1.807) is 4.90 Å². The Labute approximate surface area is 129 Å². The molecule has 2 heterocycles. The maximum atomic E-state index is 12.9. The van der Waals surface area contributed by atoms with Gasteiger partial charge in [0.25, 0.3) is 5.91 Å². The number of benzene rings is 1. The third-order valence-corrected chi connectivity index (χ3v) is 5.82. The minimum atomic E-state index is -0.774. The van der Waals surface area contributed by atoms with Crippen molar-refractivity contribution < 1.29 is 9.59 Å². The number of carbonyl (C=O) groups excluding carboxylic acids is 2. The van der Waals surface area contributed by atoms with E-state index in [-0.39, 0.29) is 17.9 Å². The van der Waals surface area contributed by atoms with E-state index in [9.17, 15) is 9.59 Å². The van der Waals surface area contributed by atoms with Crippen LogP contribution in [0.3, 0.4) is 0 Å². The second-order valence-electron chi connectivity index (χ2n) is 5.57. The quantitative estimate of drug-likeness (QED) is 0.930. The molecular weight excluding hydrogens is 284 g/mol. The molecule has 2 aliphatic rings. The standard InChI is InChI=1S/C16H20N2O2S/c1-3-11(4-2)17-15(20)16-10-9-14(19)18(16)12-7-5-6-8-13(12)21-16/h5-8,11H,3-4,9-10H2,1-2H3,(H,17,20). The molecule has 1 unspecified atom stereocenters. The summed E-state index contributed by atoms with van der Waals surface area (Å²) >= 11 is 1.52. The van der Waals surface area contributed by atoms with Crippen molar-refractivity contribution in [1.82, 2.24) is 5.32 Å². The molecule has 1 atom stereocenters. The van der Waals surface area contributed by atoms with Crippen molar-refractivity contribution in [1.29, 1.82) is 0 Å². The molecule has 0 aromatic heterocycles. The van der Waals surface area contributed by atoms with Crippen LogP contribution in [0.25, 0.3) is 0 Å². The van der Waals surface area contributed by atoms with E-state index >= 15 is 0 Å². The summed E-state index contributed by atoms with van der Waals surface area (Å²) in [6, 6.07) is 7.95. The Balaban J connectivity index is 1.94. The van der Waals surface area contributed by atoms with Gasteiger partial charge in [0.05, 0.1) is 5.69 Å². The first-order valence-electron chi connectivity index (χ1n) is 7.54. The number of hydrogen-bond donors (Lipinski definition) is 1. The van der Waals surface area contributed by atoms with Crippen molar-refractivity contribution in [2.45, 2.75) is 55.3 Å². The average Bonchev–Trinajstić information content (AvgIpc) is 3.01. The molecule has 1 aromatic carbocycles. The van der Waals surface area contributed by atoms with Crippen LogP contribution in [0, 0.1) is 0 Å². The molecule has 5 heteroatoms. The number of nitrogens with one attached hydrogen (secondary N) is 1. The van der Waals surface area contributed by atoms with Crippen LogP contribution in [0.1, 0.15) is 39.5 Å². The summed E-state index contributed by atoms with van der Waals surface area (Å²) in [5.74, 6) is 0.0235. The van der Waals surface area contributed by atoms with Crippen molar-refractivity contribution in [3.05, 3.63) is 24.3 Å². The molecule has 1 aromatic rings. The van der Waals surface area contributed by atoms with E-state index in [4.69, 9.17) is 0 Å². The molecule has 0 radical (unpaired) electrons. The van der Waals surface area contributed by atoms with Crippen LogP contribution >= 0.6 is 11.8 Å². The molecule has 2 amide bonds. The monoisotopic (exact) mass is 304 g/mol. The summed E-state index contributed by atoms with van der Waals surface area (Å²) in [5, 5.41) is 3.12. The van der Waals surface area contributed by atoms with Gasteiger partial charge in [-0.05, 0) is 31.4 Å². The highest BCUT2D eigenvalue weighted by molar-refractivity contribution is 8.02. The minimum Gasteiger partial charge on any atom is -0.351 e. The van der Waals surface area contributed by atoms with Crippen LogP contribution in [0.15, 0.2) is 29.2 Å². The van der Waals surface area contributed by atoms with E-state index in [0.717, 1.165) is 23.4 Å². The van der Waals surface area contributed by atoms with E-state index < -0.39 is 4.87 Å². The summed E-state index contributed by atoms with van der Waals surface area (Å²) in [5.41, 5.74) is 0.879. The minimum absolute atomic E-state index is 0.0248. The van der Waals surface area contributed by atoms with Gasteiger partial charge < -0.3 is 5.32 Å². The Hall–Kier alpha value is -1.49. The normalized spacial score (nSPS) is 23.4. The molecule has 3 rings (SSSR count). The third kappa shape index (κ3) is 2.14. The fraction of sp³-hybridized carbons (Fsp3) is 0.500. The Bertz CT molecular complexity index is 585. The fourth-order valence-electron chi connectivity index (χ4n) is 3.09. The van der Waals surface area contributed by atoms with Crippen molar-refractivity contribution in [3.63, 3.8) is 0 Å². The topological polar surface area (TPSA) is 49.4 Å². The van der Waals surface area contributed by atoms with Gasteiger partial charge in [0.1, 0.15) is 0 Å². The second kappa shape index (κ2) is 5.37. The Morgan fingerprint density at radius 3 is 2.81 bits per heavy atom. The number of carbonyl (C=O) groups is 2. The van der Waals surface area contributed by atoms with Gasteiger partial charge in [0.15, 0.2) is 4.87 Å². The van der Waals surface area contributed by atoms with Crippen LogP contribution < -0.4 is 10.2 Å². The Morgan fingerprint density at radius 1 is 1.38 bits per heavy atom. The van der Waals surface area contributed by atoms with Crippen LogP contribution in [0.4, 0.5) is 5.69 Å². The van der Waals surface area contributed by atoms with Gasteiger partial charge in [-0.25, -0.2) is 0 Å². The predicted molar refractivity (Wildman–Crippen MR) is 84.3 cm³/mol. The second-order valence-corrected chi connectivity index (χ2v) is 6.89. The van der Waals surface area contributed by atoms with Crippen molar-refractivity contribution >= 4 is 29.3 Å². The first-order chi connectivity index (χ1) is 10.1. The lowest BCUT2D eigenvalue weighted by molar-refractivity contribution is -0.125. The number of fused-ring (bicyclic) bond motifs is 3. The molecular formula is C16H20N2O2S. The largest absolute Gasteiger partial charge is 0.351 e. The van der Waals surface area contributed by atoms with Crippen LogP contribution in [0.5, 0.6) is 0 Å². The number of amides is 2. The van der Waals surface area contributed by atoms with E-state index in [1.807, 2.05) is 24.3 Å². The maximum Gasteiger partial charge on any atom is 0.257 e. The molecule has 1 N–H and O–H groups in total. The maximum absolute atomic E-state index is 12.9. The summed E-state index contributed by atoms with van der Waals surface area (Å²) in [6.07, 6.45) is 2.84. The molecule has 21 heavy (non-hydrogen) atoms. The average molecular weight is 304 g/mol. The molecule has 0 saturated carbocycles. The molecule has 1 saturated heterocycles. The van der Waals surface area contributed by atoms with E-state index in [0.29, 0.717) is 12.8 Å². The van der Waals surface area contributed by atoms with Crippen molar-refractivity contribution in [2.24, 2.45) is 0 Å². The lowest BCUT2D eigenvalue weighted by Crippen LogP contribution is -2.54. The van der Waals surface area contributed by atoms with Gasteiger partial charge in [-0.15, -0.1) is 0 Å². The highest BCUT2D eigenvalue weighted by Crippen LogP contribution is 2.55. The molecule has 2 aliphatic heterocycles. The zero-order chi connectivity index (χ0) is 15.0. The summed E-state index contributed by atoms with van der Waals surface area (Å²) in [6.45, 7) is 4.14. The number of nitrogens with zero attached hydrogens (tertiary/aromatic N) is 1. The number of hydrogen-bond acceptors (Lipinski definition) is 3. The molecule has 112 valence electrons. The lowest BCUT2D eigenvalue weighted by Gasteiger charge is -2.31. The van der Waals surface area contributed by atoms with Gasteiger partial charge in [0.2, 0.25) is 5.91 Å². The third-order valence-electron chi connectivity index (χ3n) is 4.35. The van der Waals surface area contributed by atoms with Crippen LogP contribution in [-0.4, -0.2) is 22.7 Å². The van der Waals surface area contributed by atoms with Gasteiger partial charge in [-0.1, -0.05) is 37.7 Å². The van der Waals surface area contributed by atoms with Crippen molar-refractivity contribution in [2.75, 3.05) is 4.90 Å². The zero-order valence-corrected chi connectivity index (χ0v) is 13.2. The smallest absolute Gasteiger partial charge is 0.257 e. The molecule has 0 bridgehead atoms. The number of rotatable bonds is 4. The van der Waals surface area contributed by atoms with Gasteiger partial charge >= 0.3 is 0 Å². The summed E-state index contributed by atoms with van der Waals surface area (Å²) < 4.78 is 0. The van der Waals surface area contributed by atoms with E-state index in [1.165, 1.54) is 11.8 Å². The Kier molecular flexibility index (Phi) is 3.69. The summed E-state index contributed by atoms with van der Waals surface area (Å²) in [7, 11) is 0. The van der Waals surface area contributed by atoms with Gasteiger partial charge in [0, 0.05) is 17.4 Å². The molecule has 0 aliphatic carbocycles. The fourth-order valence-corrected chi connectivity index (χ4v) is 4.51. The van der Waals surface area contributed by atoms with Gasteiger partial charge in [-0.3, -0.25) is 14.5 Å². The predicted octanol–water partition coefficient (Wildman–Crippen LogP) is 2.92. The first kappa shape index (κ1) is 14.4. The Morgan fingerprint density at radius 2 is 2.10 bits per heavy atom.